The van der Waals surface area contributed by atoms with E-state index in [2.05, 4.69) is 15.6 Å². The summed E-state index contributed by atoms with van der Waals surface area (Å²) in [5.74, 6) is -0.856. The minimum atomic E-state index is -0.871. The quantitative estimate of drug-likeness (QED) is 0.580. The van der Waals surface area contributed by atoms with Crippen molar-refractivity contribution in [2.45, 2.75) is 25.8 Å². The van der Waals surface area contributed by atoms with Crippen LogP contribution in [0.25, 0.3) is 0 Å². The Kier molecular flexibility index (Phi) is 6.57. The number of aromatic nitrogens is 3. The zero-order chi connectivity index (χ0) is 14.5. The number of halogens is 1. The molecule has 2 N–H and O–H groups in total. The molecule has 2 rings (SSSR count). The van der Waals surface area contributed by atoms with E-state index in [9.17, 15) is 9.59 Å². The SMILES string of the molecule is CC(C(=O)N1CCNCC1)n1cc(CCC(=O)O)nn1.[Cl-]. The number of rotatable bonds is 5. The van der Waals surface area contributed by atoms with Crippen LogP contribution < -0.4 is 17.7 Å². The number of carboxylic acid groups (broad SMARTS) is 1. The summed E-state index contributed by atoms with van der Waals surface area (Å²) in [6, 6.07) is -0.417. The largest absolute Gasteiger partial charge is 1.00 e. The van der Waals surface area contributed by atoms with E-state index < -0.39 is 12.0 Å². The molecular formula is C12H19ClN5O3-. The molecule has 1 amide bonds. The molecule has 21 heavy (non-hydrogen) atoms. The van der Waals surface area contributed by atoms with Crippen molar-refractivity contribution in [3.63, 3.8) is 0 Å². The van der Waals surface area contributed by atoms with Crippen molar-refractivity contribution in [2.75, 3.05) is 26.2 Å². The van der Waals surface area contributed by atoms with Gasteiger partial charge in [-0.1, -0.05) is 5.21 Å². The lowest BCUT2D eigenvalue weighted by Crippen LogP contribution is -3.00. The molecule has 9 heteroatoms. The number of nitrogens with one attached hydrogen (secondary N) is 1. The fourth-order valence-electron chi connectivity index (χ4n) is 2.11. The second-order valence-corrected chi connectivity index (χ2v) is 4.83. The first-order valence-electron chi connectivity index (χ1n) is 6.70. The topological polar surface area (TPSA) is 100 Å². The van der Waals surface area contributed by atoms with Gasteiger partial charge in [0.1, 0.15) is 6.04 Å². The highest BCUT2D eigenvalue weighted by Gasteiger charge is 2.24. The molecular weight excluding hydrogens is 298 g/mol. The second-order valence-electron chi connectivity index (χ2n) is 4.83. The number of aliphatic carboxylic acids is 1. The number of aryl methyl sites for hydroxylation is 1. The molecule has 1 fully saturated rings. The maximum Gasteiger partial charge on any atom is 0.303 e. The summed E-state index contributed by atoms with van der Waals surface area (Å²) in [7, 11) is 0. The molecule has 0 aromatic carbocycles. The minimum absolute atomic E-state index is 0. The molecule has 0 saturated carbocycles. The number of hydrogen-bond acceptors (Lipinski definition) is 5. The fourth-order valence-corrected chi connectivity index (χ4v) is 2.11. The van der Waals surface area contributed by atoms with Crippen LogP contribution in [0.5, 0.6) is 0 Å². The third-order valence-corrected chi connectivity index (χ3v) is 3.34. The highest BCUT2D eigenvalue weighted by molar-refractivity contribution is 5.80. The zero-order valence-corrected chi connectivity index (χ0v) is 12.6. The summed E-state index contributed by atoms with van der Waals surface area (Å²) in [6.07, 6.45) is 1.98. The molecule has 1 saturated heterocycles. The van der Waals surface area contributed by atoms with Gasteiger partial charge in [0.2, 0.25) is 5.91 Å². The van der Waals surface area contributed by atoms with Crippen LogP contribution in [0.2, 0.25) is 0 Å². The molecule has 2 heterocycles. The van der Waals surface area contributed by atoms with Crippen LogP contribution in [0.15, 0.2) is 6.20 Å². The molecule has 0 radical (unpaired) electrons. The van der Waals surface area contributed by atoms with Crippen molar-refractivity contribution in [1.82, 2.24) is 25.2 Å². The molecule has 1 aliphatic heterocycles. The van der Waals surface area contributed by atoms with Gasteiger partial charge in [0, 0.05) is 38.8 Å². The monoisotopic (exact) mass is 316 g/mol. The number of nitrogens with zero attached hydrogens (tertiary/aromatic N) is 4. The van der Waals surface area contributed by atoms with Crippen molar-refractivity contribution in [2.24, 2.45) is 0 Å². The molecule has 0 spiro atoms. The maximum absolute atomic E-state index is 12.3. The minimum Gasteiger partial charge on any atom is -1.00 e. The second kappa shape index (κ2) is 7.94. The lowest BCUT2D eigenvalue weighted by molar-refractivity contribution is -0.137. The Morgan fingerprint density at radius 3 is 2.71 bits per heavy atom. The first-order chi connectivity index (χ1) is 9.58. The van der Waals surface area contributed by atoms with Gasteiger partial charge in [0.05, 0.1) is 12.1 Å². The number of carbonyl (C=O) groups excluding carboxylic acids is 1. The Morgan fingerprint density at radius 1 is 1.43 bits per heavy atom. The lowest BCUT2D eigenvalue weighted by Gasteiger charge is -2.29. The van der Waals surface area contributed by atoms with Crippen molar-refractivity contribution in [1.29, 1.82) is 0 Å². The average Bonchev–Trinajstić information content (AvgIpc) is 2.93. The first-order valence-corrected chi connectivity index (χ1v) is 6.70. The Morgan fingerprint density at radius 2 is 2.10 bits per heavy atom. The van der Waals surface area contributed by atoms with E-state index in [0.29, 0.717) is 25.2 Å². The van der Waals surface area contributed by atoms with E-state index >= 15 is 0 Å². The standard InChI is InChI=1S/C12H19N5O3.ClH/c1-9(12(20)16-6-4-13-5-7-16)17-8-10(14-15-17)2-3-11(18)19;/h8-9,13H,2-7H2,1H3,(H,18,19);1H/p-1. The predicted octanol–water partition coefficient (Wildman–Crippen LogP) is -3.71. The molecule has 1 aromatic rings. The van der Waals surface area contributed by atoms with Crippen LogP contribution in [-0.4, -0.2) is 63.1 Å². The third kappa shape index (κ3) is 4.68. The van der Waals surface area contributed by atoms with E-state index in [0.717, 1.165) is 13.1 Å². The molecule has 0 bridgehead atoms. The van der Waals surface area contributed by atoms with Gasteiger partial charge in [0.25, 0.3) is 0 Å². The third-order valence-electron chi connectivity index (χ3n) is 3.34. The Labute approximate surface area is 128 Å². The number of amides is 1. The highest BCUT2D eigenvalue weighted by atomic mass is 35.5. The number of carbonyl (C=O) groups is 2. The zero-order valence-electron chi connectivity index (χ0n) is 11.8. The molecule has 8 nitrogen and oxygen atoms in total. The van der Waals surface area contributed by atoms with Gasteiger partial charge >= 0.3 is 5.97 Å². The number of hydrogen-bond donors (Lipinski definition) is 2. The summed E-state index contributed by atoms with van der Waals surface area (Å²) >= 11 is 0. The van der Waals surface area contributed by atoms with Crippen LogP contribution in [0, 0.1) is 0 Å². The van der Waals surface area contributed by atoms with E-state index in [4.69, 9.17) is 5.11 Å². The highest BCUT2D eigenvalue weighted by Crippen LogP contribution is 2.10. The summed E-state index contributed by atoms with van der Waals surface area (Å²) in [5, 5.41) is 19.6. The maximum atomic E-state index is 12.3. The van der Waals surface area contributed by atoms with Gasteiger partial charge in [-0.05, 0) is 6.92 Å². The van der Waals surface area contributed by atoms with Gasteiger partial charge < -0.3 is 27.7 Å². The molecule has 1 aliphatic rings. The summed E-state index contributed by atoms with van der Waals surface area (Å²) in [4.78, 5) is 24.6. The van der Waals surface area contributed by atoms with Crippen molar-refractivity contribution >= 4 is 11.9 Å². The van der Waals surface area contributed by atoms with Gasteiger partial charge in [-0.3, -0.25) is 9.59 Å². The van der Waals surface area contributed by atoms with Crippen molar-refractivity contribution in [3.8, 4) is 0 Å². The van der Waals surface area contributed by atoms with Gasteiger partial charge in [-0.2, -0.15) is 0 Å². The number of carboxylic acids is 1. The van der Waals surface area contributed by atoms with Gasteiger partial charge in [-0.25, -0.2) is 4.68 Å². The normalized spacial score (nSPS) is 16.1. The molecule has 1 aromatic heterocycles. The van der Waals surface area contributed by atoms with E-state index in [1.165, 1.54) is 4.68 Å². The Balaban J connectivity index is 0.00000220. The van der Waals surface area contributed by atoms with E-state index in [1.54, 1.807) is 18.0 Å². The van der Waals surface area contributed by atoms with Crippen molar-refractivity contribution < 1.29 is 27.1 Å². The summed E-state index contributed by atoms with van der Waals surface area (Å²) in [5.41, 5.74) is 0.590. The number of piperazine rings is 1. The summed E-state index contributed by atoms with van der Waals surface area (Å²) in [6.45, 7) is 4.78. The molecule has 0 aliphatic carbocycles. The van der Waals surface area contributed by atoms with Crippen LogP contribution in [0.3, 0.4) is 0 Å². The van der Waals surface area contributed by atoms with Crippen LogP contribution >= 0.6 is 0 Å². The van der Waals surface area contributed by atoms with Gasteiger partial charge in [0.15, 0.2) is 0 Å². The first kappa shape index (κ1) is 17.4. The van der Waals surface area contributed by atoms with Crippen molar-refractivity contribution in [3.05, 3.63) is 11.9 Å². The van der Waals surface area contributed by atoms with Crippen LogP contribution in [0.1, 0.15) is 25.1 Å². The Bertz CT molecular complexity index is 487. The smallest absolute Gasteiger partial charge is 0.303 e. The van der Waals surface area contributed by atoms with Gasteiger partial charge in [-0.15, -0.1) is 5.10 Å². The summed E-state index contributed by atoms with van der Waals surface area (Å²) < 4.78 is 1.50. The molecule has 1 atom stereocenters. The Hall–Kier alpha value is -1.67. The average molecular weight is 317 g/mol. The lowest BCUT2D eigenvalue weighted by atomic mass is 10.2. The van der Waals surface area contributed by atoms with E-state index in [1.807, 2.05) is 0 Å². The van der Waals surface area contributed by atoms with Crippen LogP contribution in [0.4, 0.5) is 0 Å². The van der Waals surface area contributed by atoms with E-state index in [-0.39, 0.29) is 24.7 Å². The van der Waals surface area contributed by atoms with Crippen LogP contribution in [-0.2, 0) is 16.0 Å². The molecule has 1 unspecified atom stereocenters. The molecule has 118 valence electrons. The fraction of sp³-hybridized carbons (Fsp3) is 0.667. The predicted molar refractivity (Wildman–Crippen MR) is 70.1 cm³/mol.